The largest absolute Gasteiger partial charge is 0.494 e. The number of carbonyl (C=O) groups is 1. The number of β-lactam (4-membered cyclic amide) rings is 1. The first-order valence-electron chi connectivity index (χ1n) is 13.0. The standard InChI is InChI=1S/C29H30BrClN2O2/c1-2-35-19-7-8-23-21(12-19)24(26(32-23)20-5-3-4-6-22(20)30)27-25(31)28(34)33(27)29-13-16-9-17(14-29)11-18(10-16)15-29/h3-8,12,16-18,25,27,32H,2,9-11,13-15H2,1H3. The van der Waals surface area contributed by atoms with Crippen LogP contribution in [0.25, 0.3) is 22.2 Å². The van der Waals surface area contributed by atoms with Gasteiger partial charge in [-0.05, 0) is 87.5 Å². The minimum Gasteiger partial charge on any atom is -0.494 e. The summed E-state index contributed by atoms with van der Waals surface area (Å²) in [6.07, 6.45) is 7.47. The summed E-state index contributed by atoms with van der Waals surface area (Å²) >= 11 is 10.7. The Hall–Kier alpha value is -1.98. The molecule has 1 amide bonds. The molecule has 4 aliphatic carbocycles. The zero-order valence-corrected chi connectivity index (χ0v) is 22.2. The molecule has 0 radical (unpaired) electrons. The van der Waals surface area contributed by atoms with E-state index in [2.05, 4.69) is 56.1 Å². The Bertz CT molecular complexity index is 1300. The van der Waals surface area contributed by atoms with Crippen molar-refractivity contribution >= 4 is 44.3 Å². The second-order valence-electron chi connectivity index (χ2n) is 11.2. The highest BCUT2D eigenvalue weighted by molar-refractivity contribution is 9.10. The van der Waals surface area contributed by atoms with Gasteiger partial charge in [0.2, 0.25) is 5.91 Å². The van der Waals surface area contributed by atoms with Gasteiger partial charge in [0.15, 0.2) is 0 Å². The number of amides is 1. The Kier molecular flexibility index (Phi) is 5.09. The molecule has 6 heteroatoms. The van der Waals surface area contributed by atoms with Gasteiger partial charge in [-0.15, -0.1) is 11.6 Å². The molecule has 1 saturated heterocycles. The van der Waals surface area contributed by atoms with E-state index in [4.69, 9.17) is 16.3 Å². The zero-order chi connectivity index (χ0) is 23.9. The molecule has 5 aliphatic rings. The van der Waals surface area contributed by atoms with Crippen LogP contribution >= 0.6 is 27.5 Å². The summed E-state index contributed by atoms with van der Waals surface area (Å²) in [6.45, 7) is 2.62. The number of carbonyl (C=O) groups excluding carboxylic acids is 1. The molecule has 2 unspecified atom stereocenters. The van der Waals surface area contributed by atoms with Crippen LogP contribution in [0.4, 0.5) is 0 Å². The van der Waals surface area contributed by atoms with Crippen molar-refractivity contribution in [2.24, 2.45) is 17.8 Å². The number of H-pyrrole nitrogens is 1. The van der Waals surface area contributed by atoms with Crippen LogP contribution in [0.3, 0.4) is 0 Å². The van der Waals surface area contributed by atoms with Crippen LogP contribution in [-0.4, -0.2) is 33.3 Å². The SMILES string of the molecule is CCOc1ccc2[nH]c(-c3ccccc3Br)c(C3C(Cl)C(=O)N3C34CC5CC(CC(C5)C3)C4)c2c1. The van der Waals surface area contributed by atoms with E-state index in [1.807, 2.05) is 19.1 Å². The maximum absolute atomic E-state index is 13.6. The molecule has 4 saturated carbocycles. The Morgan fingerprint density at radius 1 is 1.09 bits per heavy atom. The smallest absolute Gasteiger partial charge is 0.244 e. The summed E-state index contributed by atoms with van der Waals surface area (Å²) < 4.78 is 6.90. The number of benzene rings is 2. The first-order valence-corrected chi connectivity index (χ1v) is 14.2. The van der Waals surface area contributed by atoms with Crippen LogP contribution in [0.5, 0.6) is 5.75 Å². The fourth-order valence-electron chi connectivity index (χ4n) is 8.25. The number of nitrogens with one attached hydrogen (secondary N) is 1. The highest BCUT2D eigenvalue weighted by Gasteiger charge is 2.62. The first-order chi connectivity index (χ1) is 17.0. The summed E-state index contributed by atoms with van der Waals surface area (Å²) in [5.74, 6) is 3.25. The number of ether oxygens (including phenoxy) is 1. The van der Waals surface area contributed by atoms with E-state index < -0.39 is 5.38 Å². The molecule has 2 atom stereocenters. The number of fused-ring (bicyclic) bond motifs is 1. The second kappa shape index (κ2) is 8.01. The van der Waals surface area contributed by atoms with E-state index in [-0.39, 0.29) is 17.5 Å². The van der Waals surface area contributed by atoms with Gasteiger partial charge in [0, 0.05) is 32.0 Å². The first kappa shape index (κ1) is 22.2. The molecule has 2 aromatic carbocycles. The Labute approximate surface area is 219 Å². The number of hydrogen-bond acceptors (Lipinski definition) is 2. The number of rotatable bonds is 5. The third-order valence-corrected chi connectivity index (χ3v) is 10.2. The van der Waals surface area contributed by atoms with Crippen LogP contribution in [0, 0.1) is 17.8 Å². The van der Waals surface area contributed by atoms with E-state index in [1.54, 1.807) is 0 Å². The van der Waals surface area contributed by atoms with Crippen molar-refractivity contribution < 1.29 is 9.53 Å². The highest BCUT2D eigenvalue weighted by Crippen LogP contribution is 2.62. The third-order valence-electron chi connectivity index (χ3n) is 9.11. The Morgan fingerprint density at radius 2 is 1.77 bits per heavy atom. The Balaban J connectivity index is 1.41. The molecular weight excluding hydrogens is 524 g/mol. The average Bonchev–Trinajstić information content (AvgIpc) is 3.19. The molecule has 2 heterocycles. The maximum atomic E-state index is 13.6. The summed E-state index contributed by atoms with van der Waals surface area (Å²) in [5, 5.41) is 0.554. The predicted molar refractivity (Wildman–Crippen MR) is 143 cm³/mol. The van der Waals surface area contributed by atoms with Crippen LogP contribution in [-0.2, 0) is 4.79 Å². The van der Waals surface area contributed by atoms with Gasteiger partial charge in [0.05, 0.1) is 18.3 Å². The van der Waals surface area contributed by atoms with Gasteiger partial charge in [-0.25, -0.2) is 0 Å². The molecule has 35 heavy (non-hydrogen) atoms. The Morgan fingerprint density at radius 3 is 2.43 bits per heavy atom. The topological polar surface area (TPSA) is 45.3 Å². The minimum atomic E-state index is -0.543. The molecule has 182 valence electrons. The molecule has 3 aromatic rings. The van der Waals surface area contributed by atoms with Crippen molar-refractivity contribution in [2.75, 3.05) is 6.61 Å². The monoisotopic (exact) mass is 552 g/mol. The van der Waals surface area contributed by atoms with Crippen molar-refractivity contribution in [1.29, 1.82) is 0 Å². The molecule has 1 aromatic heterocycles. The van der Waals surface area contributed by atoms with Gasteiger partial charge in [-0.3, -0.25) is 4.79 Å². The third kappa shape index (κ3) is 3.26. The molecule has 1 N–H and O–H groups in total. The summed E-state index contributed by atoms with van der Waals surface area (Å²) in [4.78, 5) is 19.5. The molecule has 0 spiro atoms. The summed E-state index contributed by atoms with van der Waals surface area (Å²) in [5.41, 5.74) is 4.27. The molecule has 4 nitrogen and oxygen atoms in total. The molecule has 5 fully saturated rings. The molecular formula is C29H30BrClN2O2. The lowest BCUT2D eigenvalue weighted by Crippen LogP contribution is -2.70. The summed E-state index contributed by atoms with van der Waals surface area (Å²) in [6, 6.07) is 14.4. The van der Waals surface area contributed by atoms with Crippen LogP contribution in [0.1, 0.15) is 57.1 Å². The van der Waals surface area contributed by atoms with Crippen molar-refractivity contribution in [2.45, 2.75) is 62.4 Å². The number of alkyl halides is 1. The number of halogens is 2. The van der Waals surface area contributed by atoms with Gasteiger partial charge in [0.1, 0.15) is 11.1 Å². The lowest BCUT2D eigenvalue weighted by atomic mass is 9.51. The number of hydrogen-bond donors (Lipinski definition) is 1. The van der Waals surface area contributed by atoms with Crippen molar-refractivity contribution in [1.82, 2.24) is 9.88 Å². The van der Waals surface area contributed by atoms with E-state index in [9.17, 15) is 4.79 Å². The molecule has 8 rings (SSSR count). The van der Waals surface area contributed by atoms with E-state index in [1.165, 1.54) is 19.3 Å². The average molecular weight is 554 g/mol. The zero-order valence-electron chi connectivity index (χ0n) is 19.9. The molecule has 4 bridgehead atoms. The van der Waals surface area contributed by atoms with Crippen molar-refractivity contribution in [3.63, 3.8) is 0 Å². The van der Waals surface area contributed by atoms with Crippen molar-refractivity contribution in [3.05, 3.63) is 52.5 Å². The van der Waals surface area contributed by atoms with Gasteiger partial charge in [0.25, 0.3) is 0 Å². The number of nitrogens with zero attached hydrogens (tertiary/aromatic N) is 1. The fourth-order valence-corrected chi connectivity index (χ4v) is 9.08. The van der Waals surface area contributed by atoms with Gasteiger partial charge < -0.3 is 14.6 Å². The van der Waals surface area contributed by atoms with Gasteiger partial charge >= 0.3 is 0 Å². The maximum Gasteiger partial charge on any atom is 0.244 e. The number of aromatic amines is 1. The van der Waals surface area contributed by atoms with E-state index >= 15 is 0 Å². The van der Waals surface area contributed by atoms with Gasteiger partial charge in [-0.1, -0.05) is 34.1 Å². The highest BCUT2D eigenvalue weighted by atomic mass is 79.9. The second-order valence-corrected chi connectivity index (χ2v) is 12.6. The minimum absolute atomic E-state index is 0.0335. The van der Waals surface area contributed by atoms with Crippen LogP contribution in [0.2, 0.25) is 0 Å². The number of aromatic nitrogens is 1. The quantitative estimate of drug-likeness (QED) is 0.263. The molecule has 1 aliphatic heterocycles. The predicted octanol–water partition coefficient (Wildman–Crippen LogP) is 7.46. The lowest BCUT2D eigenvalue weighted by Gasteiger charge is -2.65. The summed E-state index contributed by atoms with van der Waals surface area (Å²) in [7, 11) is 0. The fraction of sp³-hybridized carbons (Fsp3) is 0.483. The lowest BCUT2D eigenvalue weighted by molar-refractivity contribution is -0.175. The number of likely N-dealkylation sites (tertiary alicyclic amines) is 1. The van der Waals surface area contributed by atoms with E-state index in [0.717, 1.165) is 75.0 Å². The normalized spacial score (nSPS) is 33.4. The van der Waals surface area contributed by atoms with Crippen LogP contribution in [0.15, 0.2) is 46.9 Å². The van der Waals surface area contributed by atoms with Gasteiger partial charge in [-0.2, -0.15) is 0 Å². The van der Waals surface area contributed by atoms with Crippen LogP contribution < -0.4 is 4.74 Å². The van der Waals surface area contributed by atoms with Crippen molar-refractivity contribution in [3.8, 4) is 17.0 Å². The van der Waals surface area contributed by atoms with E-state index in [0.29, 0.717) is 6.61 Å².